The number of pyridine rings is 1. The predicted molar refractivity (Wildman–Crippen MR) is 78.8 cm³/mol. The summed E-state index contributed by atoms with van der Waals surface area (Å²) in [4.78, 5) is 6.73. The van der Waals surface area contributed by atoms with Gasteiger partial charge in [0.25, 0.3) is 0 Å². The molecule has 1 aromatic heterocycles. The number of aryl methyl sites for hydroxylation is 1. The first-order chi connectivity index (χ1) is 9.12. The van der Waals surface area contributed by atoms with Gasteiger partial charge in [0.2, 0.25) is 0 Å². The van der Waals surface area contributed by atoms with Crippen LogP contribution in [0.4, 0.5) is 0 Å². The van der Waals surface area contributed by atoms with Gasteiger partial charge >= 0.3 is 0 Å². The highest BCUT2D eigenvalue weighted by atomic mass is 16.3. The number of nitrogens with zero attached hydrogens (tertiary/aromatic N) is 2. The van der Waals surface area contributed by atoms with Crippen LogP contribution in [-0.4, -0.2) is 40.2 Å². The lowest BCUT2D eigenvalue weighted by atomic mass is 10.0. The third-order valence-corrected chi connectivity index (χ3v) is 3.49. The molecule has 4 heteroatoms. The third-order valence-electron chi connectivity index (χ3n) is 3.49. The van der Waals surface area contributed by atoms with Crippen molar-refractivity contribution >= 4 is 0 Å². The van der Waals surface area contributed by atoms with E-state index in [4.69, 9.17) is 5.73 Å². The van der Waals surface area contributed by atoms with Crippen LogP contribution in [0, 0.1) is 6.92 Å². The van der Waals surface area contributed by atoms with Crippen LogP contribution in [0.25, 0.3) is 0 Å². The molecule has 0 aliphatic heterocycles. The summed E-state index contributed by atoms with van der Waals surface area (Å²) in [6.45, 7) is 7.90. The summed E-state index contributed by atoms with van der Waals surface area (Å²) in [5.74, 6) is 0. The van der Waals surface area contributed by atoms with Crippen molar-refractivity contribution in [2.75, 3.05) is 13.2 Å². The lowest BCUT2D eigenvalue weighted by molar-refractivity contribution is 0.0987. The van der Waals surface area contributed by atoms with E-state index in [9.17, 15) is 5.11 Å². The fourth-order valence-electron chi connectivity index (χ4n) is 2.41. The zero-order chi connectivity index (χ0) is 14.3. The summed E-state index contributed by atoms with van der Waals surface area (Å²) in [5, 5.41) is 9.62. The minimum absolute atomic E-state index is 0.00672. The molecule has 0 radical (unpaired) electrons. The fourth-order valence-corrected chi connectivity index (χ4v) is 2.41. The van der Waals surface area contributed by atoms with E-state index in [0.29, 0.717) is 0 Å². The van der Waals surface area contributed by atoms with Crippen molar-refractivity contribution in [2.24, 2.45) is 5.73 Å². The molecule has 19 heavy (non-hydrogen) atoms. The molecule has 1 heterocycles. The largest absolute Gasteiger partial charge is 0.395 e. The van der Waals surface area contributed by atoms with Crippen LogP contribution >= 0.6 is 0 Å². The molecule has 0 saturated heterocycles. The lowest BCUT2D eigenvalue weighted by Crippen LogP contribution is -2.49. The van der Waals surface area contributed by atoms with E-state index >= 15 is 0 Å². The van der Waals surface area contributed by atoms with Gasteiger partial charge in [-0.2, -0.15) is 0 Å². The molecule has 0 amide bonds. The van der Waals surface area contributed by atoms with Gasteiger partial charge in [-0.1, -0.05) is 26.3 Å². The Balaban J connectivity index is 2.75. The van der Waals surface area contributed by atoms with E-state index in [0.717, 1.165) is 37.3 Å². The maximum Gasteiger partial charge on any atom is 0.0602 e. The number of aliphatic hydroxyl groups excluding tert-OH is 1. The number of nitrogens with two attached hydrogens (primary N) is 1. The van der Waals surface area contributed by atoms with E-state index in [1.807, 2.05) is 25.1 Å². The Labute approximate surface area is 116 Å². The lowest BCUT2D eigenvalue weighted by Gasteiger charge is -2.33. The number of hydrogen-bond acceptors (Lipinski definition) is 4. The van der Waals surface area contributed by atoms with Crippen molar-refractivity contribution in [1.82, 2.24) is 9.88 Å². The van der Waals surface area contributed by atoms with Crippen LogP contribution in [-0.2, 0) is 6.54 Å². The van der Waals surface area contributed by atoms with Crippen LogP contribution in [0.1, 0.15) is 38.1 Å². The van der Waals surface area contributed by atoms with Gasteiger partial charge in [-0.15, -0.1) is 0 Å². The van der Waals surface area contributed by atoms with Crippen LogP contribution in [0.2, 0.25) is 0 Å². The zero-order valence-electron chi connectivity index (χ0n) is 12.3. The van der Waals surface area contributed by atoms with Crippen molar-refractivity contribution in [3.8, 4) is 0 Å². The summed E-state index contributed by atoms with van der Waals surface area (Å²) >= 11 is 0. The molecule has 0 aromatic carbocycles. The molecule has 3 N–H and O–H groups in total. The van der Waals surface area contributed by atoms with Crippen molar-refractivity contribution in [3.05, 3.63) is 29.6 Å². The van der Waals surface area contributed by atoms with Gasteiger partial charge in [-0.05, 0) is 32.0 Å². The monoisotopic (exact) mass is 265 g/mol. The van der Waals surface area contributed by atoms with Gasteiger partial charge in [-0.3, -0.25) is 9.88 Å². The highest BCUT2D eigenvalue weighted by Crippen LogP contribution is 2.12. The maximum atomic E-state index is 9.62. The van der Waals surface area contributed by atoms with Gasteiger partial charge in [0.1, 0.15) is 0 Å². The van der Waals surface area contributed by atoms with Gasteiger partial charge in [0.05, 0.1) is 12.3 Å². The van der Waals surface area contributed by atoms with Crippen LogP contribution < -0.4 is 5.73 Å². The van der Waals surface area contributed by atoms with Crippen LogP contribution in [0.15, 0.2) is 18.2 Å². The van der Waals surface area contributed by atoms with E-state index in [1.54, 1.807) is 0 Å². The average molecular weight is 265 g/mol. The summed E-state index contributed by atoms with van der Waals surface area (Å²) < 4.78 is 0. The van der Waals surface area contributed by atoms with E-state index in [2.05, 4.69) is 23.7 Å². The molecule has 0 aliphatic carbocycles. The Hall–Kier alpha value is -0.970. The second-order valence-electron chi connectivity index (χ2n) is 5.04. The number of hydrogen-bond donors (Lipinski definition) is 2. The predicted octanol–water partition coefficient (Wildman–Crippen LogP) is 1.70. The first-order valence-electron chi connectivity index (χ1n) is 7.15. The van der Waals surface area contributed by atoms with Gasteiger partial charge in [-0.25, -0.2) is 0 Å². The quantitative estimate of drug-likeness (QED) is 0.751. The third kappa shape index (κ3) is 4.90. The minimum atomic E-state index is 0.00672. The molecule has 0 spiro atoms. The Morgan fingerprint density at radius 2 is 2.11 bits per heavy atom. The van der Waals surface area contributed by atoms with Gasteiger partial charge in [0.15, 0.2) is 0 Å². The number of likely N-dealkylation sites (N-methyl/N-ethyl adjacent to an activating group) is 1. The number of aliphatic hydroxyl groups is 1. The Bertz CT molecular complexity index is 370. The summed E-state index contributed by atoms with van der Waals surface area (Å²) in [6.07, 6.45) is 1.97. The Morgan fingerprint density at radius 3 is 2.63 bits per heavy atom. The second-order valence-corrected chi connectivity index (χ2v) is 5.04. The van der Waals surface area contributed by atoms with Crippen LogP contribution in [0.3, 0.4) is 0 Å². The number of rotatable bonds is 8. The fraction of sp³-hybridized carbons (Fsp3) is 0.667. The summed E-state index contributed by atoms with van der Waals surface area (Å²) in [5.41, 5.74) is 8.23. The molecular weight excluding hydrogens is 238 g/mol. The zero-order valence-corrected chi connectivity index (χ0v) is 12.3. The Kier molecular flexibility index (Phi) is 6.99. The molecule has 4 nitrogen and oxygen atoms in total. The molecule has 1 rings (SSSR count). The highest BCUT2D eigenvalue weighted by Gasteiger charge is 2.23. The van der Waals surface area contributed by atoms with Crippen molar-refractivity contribution in [2.45, 2.75) is 52.2 Å². The first kappa shape index (κ1) is 16.1. The molecule has 2 unspecified atom stereocenters. The van der Waals surface area contributed by atoms with E-state index in [1.165, 1.54) is 0 Å². The molecule has 108 valence electrons. The molecule has 0 fully saturated rings. The summed E-state index contributed by atoms with van der Waals surface area (Å²) in [6, 6.07) is 6.06. The average Bonchev–Trinajstić information content (AvgIpc) is 2.38. The van der Waals surface area contributed by atoms with Crippen molar-refractivity contribution in [3.63, 3.8) is 0 Å². The molecule has 1 aromatic rings. The Morgan fingerprint density at radius 1 is 1.37 bits per heavy atom. The molecule has 0 saturated carbocycles. The van der Waals surface area contributed by atoms with E-state index in [-0.39, 0.29) is 18.7 Å². The normalized spacial score (nSPS) is 14.6. The van der Waals surface area contributed by atoms with Gasteiger partial charge in [0, 0.05) is 24.3 Å². The van der Waals surface area contributed by atoms with Crippen LogP contribution in [0.5, 0.6) is 0 Å². The molecule has 2 atom stereocenters. The molecule has 0 aliphatic rings. The van der Waals surface area contributed by atoms with Crippen molar-refractivity contribution in [1.29, 1.82) is 0 Å². The smallest absolute Gasteiger partial charge is 0.0602 e. The SMILES string of the molecule is CCCC(N)C(CO)N(CC)Cc1cccc(C)n1. The van der Waals surface area contributed by atoms with Gasteiger partial charge < -0.3 is 10.8 Å². The maximum absolute atomic E-state index is 9.62. The highest BCUT2D eigenvalue weighted by molar-refractivity contribution is 5.10. The second kappa shape index (κ2) is 8.25. The topological polar surface area (TPSA) is 62.4 Å². The first-order valence-corrected chi connectivity index (χ1v) is 7.15. The minimum Gasteiger partial charge on any atom is -0.395 e. The van der Waals surface area contributed by atoms with E-state index < -0.39 is 0 Å². The molecular formula is C15H27N3O. The van der Waals surface area contributed by atoms with Crippen molar-refractivity contribution < 1.29 is 5.11 Å². The summed E-state index contributed by atoms with van der Waals surface area (Å²) in [7, 11) is 0. The standard InChI is InChI=1S/C15H27N3O/c1-4-7-14(16)15(11-19)18(5-2)10-13-9-6-8-12(3)17-13/h6,8-9,14-15,19H,4-5,7,10-11,16H2,1-3H3. The number of aromatic nitrogens is 1. The molecule has 0 bridgehead atoms.